The molecule has 0 amide bonds. The van der Waals surface area contributed by atoms with Crippen LogP contribution in [0, 0.1) is 6.92 Å². The van der Waals surface area contributed by atoms with E-state index in [4.69, 9.17) is 0 Å². The van der Waals surface area contributed by atoms with Crippen molar-refractivity contribution in [3.8, 4) is 5.82 Å². The van der Waals surface area contributed by atoms with E-state index in [2.05, 4.69) is 46.7 Å². The maximum absolute atomic E-state index is 4.63. The number of nitrogens with zero attached hydrogens (tertiary/aromatic N) is 3. The molecule has 2 aromatic heterocycles. The van der Waals surface area contributed by atoms with Crippen molar-refractivity contribution in [3.63, 3.8) is 0 Å². The molecule has 108 valence electrons. The SMILES string of the molecule is CCCNCc1cnc(-n2ccnc2CCC)c(C)c1. The van der Waals surface area contributed by atoms with E-state index in [9.17, 15) is 0 Å². The number of pyridine rings is 1. The van der Waals surface area contributed by atoms with Gasteiger partial charge in [0, 0.05) is 31.6 Å². The minimum atomic E-state index is 0.883. The average Bonchev–Trinajstić information content (AvgIpc) is 2.88. The Labute approximate surface area is 121 Å². The summed E-state index contributed by atoms with van der Waals surface area (Å²) >= 11 is 0. The van der Waals surface area contributed by atoms with E-state index in [1.807, 2.05) is 18.6 Å². The van der Waals surface area contributed by atoms with Crippen LogP contribution in [-0.4, -0.2) is 21.1 Å². The molecule has 0 atom stereocenters. The standard InChI is InChI=1S/C16H24N4/c1-4-6-15-18-8-9-20(15)16-13(3)10-14(12-19-16)11-17-7-5-2/h8-10,12,17H,4-7,11H2,1-3H3. The van der Waals surface area contributed by atoms with Crippen LogP contribution >= 0.6 is 0 Å². The third-order valence-corrected chi connectivity index (χ3v) is 3.28. The van der Waals surface area contributed by atoms with E-state index >= 15 is 0 Å². The number of rotatable bonds is 7. The highest BCUT2D eigenvalue weighted by Crippen LogP contribution is 2.15. The van der Waals surface area contributed by atoms with E-state index in [1.54, 1.807) is 0 Å². The molecule has 0 saturated heterocycles. The van der Waals surface area contributed by atoms with Crippen molar-refractivity contribution in [2.75, 3.05) is 6.54 Å². The van der Waals surface area contributed by atoms with E-state index in [0.29, 0.717) is 0 Å². The molecular weight excluding hydrogens is 248 g/mol. The molecular formula is C16H24N4. The predicted octanol–water partition coefficient (Wildman–Crippen LogP) is 3.03. The van der Waals surface area contributed by atoms with Gasteiger partial charge < -0.3 is 5.32 Å². The van der Waals surface area contributed by atoms with Gasteiger partial charge in [0.05, 0.1) is 0 Å². The summed E-state index contributed by atoms with van der Waals surface area (Å²) in [7, 11) is 0. The third kappa shape index (κ3) is 3.45. The number of hydrogen-bond donors (Lipinski definition) is 1. The average molecular weight is 272 g/mol. The van der Waals surface area contributed by atoms with Gasteiger partial charge in [-0.05, 0) is 43.5 Å². The number of nitrogens with one attached hydrogen (secondary N) is 1. The summed E-state index contributed by atoms with van der Waals surface area (Å²) in [5.41, 5.74) is 2.42. The number of aromatic nitrogens is 3. The van der Waals surface area contributed by atoms with Crippen molar-refractivity contribution in [2.24, 2.45) is 0 Å². The molecule has 0 spiro atoms. The van der Waals surface area contributed by atoms with E-state index < -0.39 is 0 Å². The molecule has 0 aliphatic rings. The predicted molar refractivity (Wildman–Crippen MR) is 82.1 cm³/mol. The van der Waals surface area contributed by atoms with E-state index in [1.165, 1.54) is 11.1 Å². The first kappa shape index (κ1) is 14.7. The summed E-state index contributed by atoms with van der Waals surface area (Å²) < 4.78 is 2.10. The second kappa shape index (κ2) is 7.20. The second-order valence-electron chi connectivity index (χ2n) is 5.12. The molecule has 20 heavy (non-hydrogen) atoms. The topological polar surface area (TPSA) is 42.7 Å². The molecule has 0 aromatic carbocycles. The number of imidazole rings is 1. The molecule has 2 aromatic rings. The zero-order chi connectivity index (χ0) is 14.4. The quantitative estimate of drug-likeness (QED) is 0.788. The summed E-state index contributed by atoms with van der Waals surface area (Å²) in [5.74, 6) is 2.07. The maximum atomic E-state index is 4.63. The Morgan fingerprint density at radius 1 is 1.20 bits per heavy atom. The highest BCUT2D eigenvalue weighted by atomic mass is 15.1. The molecule has 0 saturated carbocycles. The van der Waals surface area contributed by atoms with Gasteiger partial charge in [0.2, 0.25) is 0 Å². The van der Waals surface area contributed by atoms with E-state index in [-0.39, 0.29) is 0 Å². The molecule has 0 unspecified atom stereocenters. The lowest BCUT2D eigenvalue weighted by Gasteiger charge is -2.11. The van der Waals surface area contributed by atoms with Crippen LogP contribution in [0.3, 0.4) is 0 Å². The van der Waals surface area contributed by atoms with Crippen LogP contribution < -0.4 is 5.32 Å². The minimum absolute atomic E-state index is 0.883. The lowest BCUT2D eigenvalue weighted by molar-refractivity contribution is 0.673. The van der Waals surface area contributed by atoms with Gasteiger partial charge in [-0.1, -0.05) is 13.8 Å². The van der Waals surface area contributed by atoms with Crippen molar-refractivity contribution in [2.45, 2.75) is 46.6 Å². The normalized spacial score (nSPS) is 10.9. The van der Waals surface area contributed by atoms with Crippen LogP contribution in [0.15, 0.2) is 24.7 Å². The van der Waals surface area contributed by atoms with Gasteiger partial charge in [-0.3, -0.25) is 4.57 Å². The lowest BCUT2D eigenvalue weighted by atomic mass is 10.2. The Balaban J connectivity index is 2.18. The van der Waals surface area contributed by atoms with Gasteiger partial charge in [0.15, 0.2) is 0 Å². The largest absolute Gasteiger partial charge is 0.313 e. The summed E-state index contributed by atoms with van der Waals surface area (Å²) in [4.78, 5) is 9.04. The van der Waals surface area contributed by atoms with Crippen LogP contribution in [0.2, 0.25) is 0 Å². The summed E-state index contributed by atoms with van der Waals surface area (Å²) in [6, 6.07) is 2.21. The zero-order valence-corrected chi connectivity index (χ0v) is 12.7. The Morgan fingerprint density at radius 3 is 2.75 bits per heavy atom. The zero-order valence-electron chi connectivity index (χ0n) is 12.7. The number of aryl methyl sites for hydroxylation is 2. The van der Waals surface area contributed by atoms with Crippen molar-refractivity contribution in [3.05, 3.63) is 41.6 Å². The summed E-state index contributed by atoms with van der Waals surface area (Å²) in [6.45, 7) is 8.38. The molecule has 1 N–H and O–H groups in total. The molecule has 0 bridgehead atoms. The van der Waals surface area contributed by atoms with Gasteiger partial charge in [0.1, 0.15) is 11.6 Å². The summed E-state index contributed by atoms with van der Waals surface area (Å²) in [5, 5.41) is 3.41. The highest BCUT2D eigenvalue weighted by Gasteiger charge is 2.08. The van der Waals surface area contributed by atoms with Gasteiger partial charge in [0.25, 0.3) is 0 Å². The summed E-state index contributed by atoms with van der Waals surface area (Å²) in [6.07, 6.45) is 9.03. The minimum Gasteiger partial charge on any atom is -0.313 e. The molecule has 0 fully saturated rings. The molecule has 0 aliphatic carbocycles. The lowest BCUT2D eigenvalue weighted by Crippen LogP contribution is -2.14. The first-order valence-electron chi connectivity index (χ1n) is 7.45. The third-order valence-electron chi connectivity index (χ3n) is 3.28. The fourth-order valence-electron chi connectivity index (χ4n) is 2.32. The smallest absolute Gasteiger partial charge is 0.140 e. The van der Waals surface area contributed by atoms with E-state index in [0.717, 1.165) is 44.0 Å². The monoisotopic (exact) mass is 272 g/mol. The Kier molecular flexibility index (Phi) is 5.30. The van der Waals surface area contributed by atoms with Crippen LogP contribution in [0.25, 0.3) is 5.82 Å². The van der Waals surface area contributed by atoms with Crippen LogP contribution in [0.4, 0.5) is 0 Å². The van der Waals surface area contributed by atoms with Crippen molar-refractivity contribution in [1.82, 2.24) is 19.9 Å². The first-order chi connectivity index (χ1) is 9.76. The molecule has 2 heterocycles. The Hall–Kier alpha value is -1.68. The number of hydrogen-bond acceptors (Lipinski definition) is 3. The van der Waals surface area contributed by atoms with Crippen LogP contribution in [0.5, 0.6) is 0 Å². The van der Waals surface area contributed by atoms with Crippen molar-refractivity contribution < 1.29 is 0 Å². The Morgan fingerprint density at radius 2 is 2.05 bits per heavy atom. The fraction of sp³-hybridized carbons (Fsp3) is 0.500. The second-order valence-corrected chi connectivity index (χ2v) is 5.12. The molecule has 0 radical (unpaired) electrons. The van der Waals surface area contributed by atoms with Gasteiger partial charge in [-0.15, -0.1) is 0 Å². The molecule has 0 aliphatic heterocycles. The molecule has 2 rings (SSSR count). The van der Waals surface area contributed by atoms with Crippen molar-refractivity contribution >= 4 is 0 Å². The Bertz CT molecular complexity index is 545. The molecule has 4 heteroatoms. The van der Waals surface area contributed by atoms with Crippen LogP contribution in [-0.2, 0) is 13.0 Å². The fourth-order valence-corrected chi connectivity index (χ4v) is 2.32. The van der Waals surface area contributed by atoms with Crippen LogP contribution in [0.1, 0.15) is 43.6 Å². The first-order valence-corrected chi connectivity index (χ1v) is 7.45. The van der Waals surface area contributed by atoms with Gasteiger partial charge >= 0.3 is 0 Å². The van der Waals surface area contributed by atoms with Crippen molar-refractivity contribution in [1.29, 1.82) is 0 Å². The van der Waals surface area contributed by atoms with Gasteiger partial charge in [-0.25, -0.2) is 9.97 Å². The molecule has 4 nitrogen and oxygen atoms in total. The highest BCUT2D eigenvalue weighted by molar-refractivity contribution is 5.36. The van der Waals surface area contributed by atoms with Gasteiger partial charge in [-0.2, -0.15) is 0 Å². The maximum Gasteiger partial charge on any atom is 0.140 e.